The van der Waals surface area contributed by atoms with E-state index < -0.39 is 0 Å². The van der Waals surface area contributed by atoms with Crippen LogP contribution in [0.2, 0.25) is 0 Å². The van der Waals surface area contributed by atoms with E-state index in [-0.39, 0.29) is 0 Å². The van der Waals surface area contributed by atoms with Gasteiger partial charge in [-0.1, -0.05) is 11.6 Å². The molecule has 0 aliphatic carbocycles. The Balaban J connectivity index is 2.55. The van der Waals surface area contributed by atoms with Crippen LogP contribution in [0.3, 0.4) is 0 Å². The van der Waals surface area contributed by atoms with Crippen molar-refractivity contribution in [2.45, 2.75) is 13.8 Å². The molecular formula is C12H13NS. The lowest BCUT2D eigenvalue weighted by atomic mass is 10.0. The highest BCUT2D eigenvalue weighted by Gasteiger charge is 2.04. The molecular weight excluding hydrogens is 190 g/mol. The number of thiophene rings is 1. The minimum Gasteiger partial charge on any atom is -0.398 e. The molecule has 2 N–H and O–H groups in total. The highest BCUT2D eigenvalue weighted by molar-refractivity contribution is 7.10. The van der Waals surface area contributed by atoms with Crippen molar-refractivity contribution in [1.29, 1.82) is 0 Å². The van der Waals surface area contributed by atoms with Gasteiger partial charge in [0.15, 0.2) is 0 Å². The summed E-state index contributed by atoms with van der Waals surface area (Å²) in [4.78, 5) is 1.32. The van der Waals surface area contributed by atoms with E-state index in [4.69, 9.17) is 5.73 Å². The van der Waals surface area contributed by atoms with Gasteiger partial charge in [-0.2, -0.15) is 0 Å². The third kappa shape index (κ3) is 1.66. The van der Waals surface area contributed by atoms with Crippen molar-refractivity contribution < 1.29 is 0 Å². The molecule has 0 saturated heterocycles. The lowest BCUT2D eigenvalue weighted by Gasteiger charge is -2.04. The van der Waals surface area contributed by atoms with E-state index >= 15 is 0 Å². The van der Waals surface area contributed by atoms with Gasteiger partial charge in [0.1, 0.15) is 0 Å². The Bertz CT molecular complexity index is 457. The molecule has 2 rings (SSSR count). The molecule has 0 radical (unpaired) electrons. The average Bonchev–Trinajstić information content (AvgIpc) is 2.56. The summed E-state index contributed by atoms with van der Waals surface area (Å²) < 4.78 is 0. The van der Waals surface area contributed by atoms with Crippen LogP contribution in [0.5, 0.6) is 0 Å². The standard InChI is InChI=1S/C12H13NS/c1-8-3-4-12(13)11(5-8)10-6-9(2)14-7-10/h3-7H,13H2,1-2H3. The van der Waals surface area contributed by atoms with Gasteiger partial charge in [-0.15, -0.1) is 11.3 Å². The van der Waals surface area contributed by atoms with E-state index in [0.29, 0.717) is 0 Å². The zero-order chi connectivity index (χ0) is 10.1. The maximum Gasteiger partial charge on any atom is 0.0394 e. The first-order valence-electron chi connectivity index (χ1n) is 4.58. The molecule has 0 unspecified atom stereocenters. The fraction of sp³-hybridized carbons (Fsp3) is 0.167. The molecule has 14 heavy (non-hydrogen) atoms. The number of benzene rings is 1. The Labute approximate surface area is 88.2 Å². The Morgan fingerprint density at radius 3 is 2.57 bits per heavy atom. The lowest BCUT2D eigenvalue weighted by Crippen LogP contribution is -1.89. The zero-order valence-electron chi connectivity index (χ0n) is 8.37. The van der Waals surface area contributed by atoms with Gasteiger partial charge in [-0.25, -0.2) is 0 Å². The molecule has 0 spiro atoms. The van der Waals surface area contributed by atoms with Gasteiger partial charge in [0.25, 0.3) is 0 Å². The quantitative estimate of drug-likeness (QED) is 0.704. The fourth-order valence-electron chi connectivity index (χ4n) is 1.50. The molecule has 0 fully saturated rings. The maximum atomic E-state index is 5.94. The molecule has 0 aliphatic heterocycles. The Morgan fingerprint density at radius 1 is 1.14 bits per heavy atom. The summed E-state index contributed by atoms with van der Waals surface area (Å²) in [7, 11) is 0. The van der Waals surface area contributed by atoms with Crippen molar-refractivity contribution >= 4 is 17.0 Å². The minimum absolute atomic E-state index is 0.855. The number of hydrogen-bond donors (Lipinski definition) is 1. The van der Waals surface area contributed by atoms with Crippen molar-refractivity contribution in [2.24, 2.45) is 0 Å². The van der Waals surface area contributed by atoms with Gasteiger partial charge in [0.05, 0.1) is 0 Å². The molecule has 72 valence electrons. The van der Waals surface area contributed by atoms with Gasteiger partial charge < -0.3 is 5.73 Å². The van der Waals surface area contributed by atoms with Crippen LogP contribution in [-0.4, -0.2) is 0 Å². The van der Waals surface area contributed by atoms with Crippen molar-refractivity contribution in [3.63, 3.8) is 0 Å². The first-order valence-corrected chi connectivity index (χ1v) is 5.46. The molecule has 2 heteroatoms. The van der Waals surface area contributed by atoms with Crippen LogP contribution < -0.4 is 5.73 Å². The van der Waals surface area contributed by atoms with Crippen molar-refractivity contribution in [3.05, 3.63) is 40.1 Å². The molecule has 1 aromatic heterocycles. The van der Waals surface area contributed by atoms with Crippen LogP contribution in [0.4, 0.5) is 5.69 Å². The first kappa shape index (κ1) is 9.28. The predicted octanol–water partition coefficient (Wildman–Crippen LogP) is 3.61. The minimum atomic E-state index is 0.855. The molecule has 1 aromatic carbocycles. The summed E-state index contributed by atoms with van der Waals surface area (Å²) in [6.07, 6.45) is 0. The maximum absolute atomic E-state index is 5.94. The summed E-state index contributed by atoms with van der Waals surface area (Å²) in [5.74, 6) is 0. The highest BCUT2D eigenvalue weighted by Crippen LogP contribution is 2.30. The van der Waals surface area contributed by atoms with Crippen LogP contribution in [0, 0.1) is 13.8 Å². The van der Waals surface area contributed by atoms with E-state index in [2.05, 4.69) is 31.4 Å². The van der Waals surface area contributed by atoms with Crippen LogP contribution in [-0.2, 0) is 0 Å². The Hall–Kier alpha value is -1.28. The average molecular weight is 203 g/mol. The Morgan fingerprint density at radius 2 is 1.93 bits per heavy atom. The van der Waals surface area contributed by atoms with E-state index in [1.54, 1.807) is 11.3 Å². The number of aryl methyl sites for hydroxylation is 2. The van der Waals surface area contributed by atoms with Crippen LogP contribution in [0.1, 0.15) is 10.4 Å². The second-order valence-electron chi connectivity index (χ2n) is 3.54. The summed E-state index contributed by atoms with van der Waals surface area (Å²) in [5, 5.41) is 2.15. The second-order valence-corrected chi connectivity index (χ2v) is 4.65. The SMILES string of the molecule is Cc1ccc(N)c(-c2csc(C)c2)c1. The normalized spacial score (nSPS) is 10.4. The van der Waals surface area contributed by atoms with Gasteiger partial charge in [0, 0.05) is 16.1 Å². The first-order chi connectivity index (χ1) is 6.66. The molecule has 0 bridgehead atoms. The summed E-state index contributed by atoms with van der Waals surface area (Å²) >= 11 is 1.76. The van der Waals surface area contributed by atoms with Crippen LogP contribution in [0.15, 0.2) is 29.6 Å². The third-order valence-corrected chi connectivity index (χ3v) is 3.11. The lowest BCUT2D eigenvalue weighted by molar-refractivity contribution is 1.47. The van der Waals surface area contributed by atoms with Gasteiger partial charge in [0.2, 0.25) is 0 Å². The van der Waals surface area contributed by atoms with Crippen LogP contribution in [0.25, 0.3) is 11.1 Å². The van der Waals surface area contributed by atoms with Crippen molar-refractivity contribution in [3.8, 4) is 11.1 Å². The van der Waals surface area contributed by atoms with Gasteiger partial charge in [-0.3, -0.25) is 0 Å². The molecule has 1 heterocycles. The van der Waals surface area contributed by atoms with Crippen molar-refractivity contribution in [2.75, 3.05) is 5.73 Å². The molecule has 0 saturated carbocycles. The zero-order valence-corrected chi connectivity index (χ0v) is 9.19. The largest absolute Gasteiger partial charge is 0.398 e. The number of rotatable bonds is 1. The monoisotopic (exact) mass is 203 g/mol. The van der Waals surface area contributed by atoms with E-state index in [0.717, 1.165) is 11.3 Å². The molecule has 1 nitrogen and oxygen atoms in total. The third-order valence-electron chi connectivity index (χ3n) is 2.25. The highest BCUT2D eigenvalue weighted by atomic mass is 32.1. The second kappa shape index (κ2) is 3.46. The van der Waals surface area contributed by atoms with E-state index in [1.807, 2.05) is 12.1 Å². The van der Waals surface area contributed by atoms with E-state index in [1.165, 1.54) is 16.0 Å². The van der Waals surface area contributed by atoms with Gasteiger partial charge >= 0.3 is 0 Å². The smallest absolute Gasteiger partial charge is 0.0394 e. The topological polar surface area (TPSA) is 26.0 Å². The fourth-order valence-corrected chi connectivity index (χ4v) is 2.21. The molecule has 0 aliphatic rings. The number of nitrogens with two attached hydrogens (primary N) is 1. The predicted molar refractivity (Wildman–Crippen MR) is 63.6 cm³/mol. The molecule has 0 amide bonds. The van der Waals surface area contributed by atoms with Gasteiger partial charge in [-0.05, 0) is 43.0 Å². The molecule has 0 atom stereocenters. The van der Waals surface area contributed by atoms with Crippen LogP contribution >= 0.6 is 11.3 Å². The number of hydrogen-bond acceptors (Lipinski definition) is 2. The number of anilines is 1. The summed E-state index contributed by atoms with van der Waals surface area (Å²) in [6, 6.07) is 8.32. The van der Waals surface area contributed by atoms with Crippen molar-refractivity contribution in [1.82, 2.24) is 0 Å². The van der Waals surface area contributed by atoms with E-state index in [9.17, 15) is 0 Å². The summed E-state index contributed by atoms with van der Waals surface area (Å²) in [5.41, 5.74) is 10.4. The molecule has 2 aromatic rings. The summed E-state index contributed by atoms with van der Waals surface area (Å²) in [6.45, 7) is 4.20. The number of nitrogen functional groups attached to an aromatic ring is 1. The Kier molecular flexibility index (Phi) is 2.30.